The van der Waals surface area contributed by atoms with Gasteiger partial charge in [-0.15, -0.1) is 0 Å². The molecule has 2 rings (SSSR count). The summed E-state index contributed by atoms with van der Waals surface area (Å²) in [5, 5.41) is 10.5. The van der Waals surface area contributed by atoms with Gasteiger partial charge in [-0.3, -0.25) is 4.79 Å². The van der Waals surface area contributed by atoms with E-state index in [0.717, 1.165) is 51.7 Å². The van der Waals surface area contributed by atoms with Crippen molar-refractivity contribution in [1.29, 1.82) is 0 Å². The molecule has 1 N–H and O–H groups in total. The number of esters is 1. The number of carbonyl (C=O) groups excluding carboxylic acids is 1. The second-order valence-electron chi connectivity index (χ2n) is 6.42. The fourth-order valence-corrected chi connectivity index (χ4v) is 3.44. The van der Waals surface area contributed by atoms with E-state index >= 15 is 0 Å². The fourth-order valence-electron chi connectivity index (χ4n) is 3.44. The van der Waals surface area contributed by atoms with Crippen molar-refractivity contribution in [2.24, 2.45) is 5.92 Å². The number of aliphatic hydroxyl groups is 1. The van der Waals surface area contributed by atoms with Crippen molar-refractivity contribution in [2.75, 3.05) is 19.8 Å². The van der Waals surface area contributed by atoms with Crippen molar-refractivity contribution in [3.63, 3.8) is 0 Å². The zero-order valence-electron chi connectivity index (χ0n) is 13.7. The molecular weight excluding hydrogens is 284 g/mol. The van der Waals surface area contributed by atoms with E-state index < -0.39 is 6.10 Å². The zero-order valence-corrected chi connectivity index (χ0v) is 13.7. The first-order valence-corrected chi connectivity index (χ1v) is 8.76. The lowest BCUT2D eigenvalue weighted by atomic mass is 9.88. The van der Waals surface area contributed by atoms with Crippen molar-refractivity contribution in [1.82, 2.24) is 0 Å². The molecule has 0 amide bonds. The van der Waals surface area contributed by atoms with Gasteiger partial charge >= 0.3 is 5.97 Å². The first kappa shape index (κ1) is 17.7. The molecule has 0 aromatic heterocycles. The number of hydrogen-bond donors (Lipinski definition) is 1. The third kappa shape index (κ3) is 5.86. The van der Waals surface area contributed by atoms with Gasteiger partial charge in [0.2, 0.25) is 0 Å². The molecule has 0 saturated carbocycles. The molecule has 4 unspecified atom stereocenters. The summed E-state index contributed by atoms with van der Waals surface area (Å²) < 4.78 is 16.3. The van der Waals surface area contributed by atoms with E-state index in [1.807, 2.05) is 0 Å². The van der Waals surface area contributed by atoms with E-state index in [4.69, 9.17) is 14.2 Å². The SMILES string of the molecule is CCOC(=O)CC(CC1CCCO1)C(O)CCC1CCCO1. The van der Waals surface area contributed by atoms with Crippen LogP contribution in [0, 0.1) is 5.92 Å². The third-order valence-corrected chi connectivity index (χ3v) is 4.68. The van der Waals surface area contributed by atoms with Crippen LogP contribution in [0.15, 0.2) is 0 Å². The number of hydrogen-bond acceptors (Lipinski definition) is 5. The van der Waals surface area contributed by atoms with Crippen LogP contribution in [0.4, 0.5) is 0 Å². The van der Waals surface area contributed by atoms with Gasteiger partial charge < -0.3 is 19.3 Å². The average Bonchev–Trinajstić information content (AvgIpc) is 3.17. The van der Waals surface area contributed by atoms with E-state index in [0.29, 0.717) is 13.0 Å². The summed E-state index contributed by atoms with van der Waals surface area (Å²) in [6.07, 6.45) is 6.83. The van der Waals surface area contributed by atoms with Gasteiger partial charge in [-0.05, 0) is 57.8 Å². The standard InChI is InChI=1S/C17H30O5/c1-2-20-17(19)12-13(11-15-6-4-10-22-15)16(18)8-7-14-5-3-9-21-14/h13-16,18H,2-12H2,1H3. The highest BCUT2D eigenvalue weighted by Crippen LogP contribution is 2.28. The zero-order chi connectivity index (χ0) is 15.8. The number of carbonyl (C=O) groups is 1. The van der Waals surface area contributed by atoms with Gasteiger partial charge in [0.25, 0.3) is 0 Å². The van der Waals surface area contributed by atoms with Crippen LogP contribution in [0.5, 0.6) is 0 Å². The fraction of sp³-hybridized carbons (Fsp3) is 0.941. The molecule has 0 radical (unpaired) electrons. The number of ether oxygens (including phenoxy) is 3. The van der Waals surface area contributed by atoms with E-state index in [2.05, 4.69) is 0 Å². The highest BCUT2D eigenvalue weighted by Gasteiger charge is 2.29. The summed E-state index contributed by atoms with van der Waals surface area (Å²) >= 11 is 0. The van der Waals surface area contributed by atoms with Crippen LogP contribution in [0.1, 0.15) is 58.3 Å². The maximum Gasteiger partial charge on any atom is 0.306 e. The molecule has 2 heterocycles. The number of rotatable bonds is 9. The Morgan fingerprint density at radius 3 is 2.50 bits per heavy atom. The Hall–Kier alpha value is -0.650. The molecule has 22 heavy (non-hydrogen) atoms. The molecule has 0 aromatic carbocycles. The molecule has 2 aliphatic heterocycles. The Labute approximate surface area is 133 Å². The van der Waals surface area contributed by atoms with E-state index in [-0.39, 0.29) is 30.5 Å². The minimum atomic E-state index is -0.488. The van der Waals surface area contributed by atoms with Crippen LogP contribution in [-0.2, 0) is 19.0 Å². The molecule has 2 aliphatic rings. The van der Waals surface area contributed by atoms with Gasteiger partial charge in [0.05, 0.1) is 31.3 Å². The van der Waals surface area contributed by atoms with Gasteiger partial charge in [0.1, 0.15) is 0 Å². The Morgan fingerprint density at radius 2 is 1.91 bits per heavy atom. The molecule has 5 nitrogen and oxygen atoms in total. The molecule has 5 heteroatoms. The summed E-state index contributed by atoms with van der Waals surface area (Å²) in [6.45, 7) is 3.82. The molecule has 0 bridgehead atoms. The predicted octanol–water partition coefficient (Wildman–Crippen LogP) is 2.45. The molecule has 0 aliphatic carbocycles. The molecule has 4 atom stereocenters. The molecule has 0 spiro atoms. The minimum absolute atomic E-state index is 0.0800. The maximum atomic E-state index is 11.8. The van der Waals surface area contributed by atoms with Crippen LogP contribution in [0.25, 0.3) is 0 Å². The van der Waals surface area contributed by atoms with Gasteiger partial charge in [-0.25, -0.2) is 0 Å². The van der Waals surface area contributed by atoms with Crippen molar-refractivity contribution in [3.8, 4) is 0 Å². The van der Waals surface area contributed by atoms with Crippen molar-refractivity contribution in [2.45, 2.75) is 76.6 Å². The minimum Gasteiger partial charge on any atom is -0.466 e. The van der Waals surface area contributed by atoms with E-state index in [1.54, 1.807) is 6.92 Å². The smallest absolute Gasteiger partial charge is 0.306 e. The van der Waals surface area contributed by atoms with Crippen LogP contribution >= 0.6 is 0 Å². The summed E-state index contributed by atoms with van der Waals surface area (Å²) in [5.41, 5.74) is 0. The lowest BCUT2D eigenvalue weighted by molar-refractivity contribution is -0.145. The average molecular weight is 314 g/mol. The third-order valence-electron chi connectivity index (χ3n) is 4.68. The quantitative estimate of drug-likeness (QED) is 0.662. The lowest BCUT2D eigenvalue weighted by Gasteiger charge is -2.25. The Morgan fingerprint density at radius 1 is 1.23 bits per heavy atom. The summed E-state index contributed by atoms with van der Waals surface area (Å²) in [7, 11) is 0. The predicted molar refractivity (Wildman–Crippen MR) is 82.5 cm³/mol. The first-order chi connectivity index (χ1) is 10.7. The van der Waals surface area contributed by atoms with Gasteiger partial charge in [-0.2, -0.15) is 0 Å². The van der Waals surface area contributed by atoms with Crippen LogP contribution in [-0.4, -0.2) is 49.2 Å². The normalized spacial score (nSPS) is 27.7. The van der Waals surface area contributed by atoms with E-state index in [1.165, 1.54) is 0 Å². The second-order valence-corrected chi connectivity index (χ2v) is 6.42. The van der Waals surface area contributed by atoms with Crippen molar-refractivity contribution >= 4 is 5.97 Å². The van der Waals surface area contributed by atoms with Crippen LogP contribution in [0.3, 0.4) is 0 Å². The monoisotopic (exact) mass is 314 g/mol. The topological polar surface area (TPSA) is 65.0 Å². The Kier molecular flexibility index (Phi) is 7.63. The first-order valence-electron chi connectivity index (χ1n) is 8.76. The lowest BCUT2D eigenvalue weighted by Crippen LogP contribution is -2.29. The van der Waals surface area contributed by atoms with E-state index in [9.17, 15) is 9.90 Å². The maximum absolute atomic E-state index is 11.8. The Balaban J connectivity index is 1.81. The van der Waals surface area contributed by atoms with Gasteiger partial charge in [0.15, 0.2) is 0 Å². The molecule has 2 saturated heterocycles. The van der Waals surface area contributed by atoms with Crippen molar-refractivity contribution in [3.05, 3.63) is 0 Å². The van der Waals surface area contributed by atoms with Crippen LogP contribution in [0.2, 0.25) is 0 Å². The molecule has 2 fully saturated rings. The summed E-state index contributed by atoms with van der Waals surface area (Å²) in [6, 6.07) is 0. The molecular formula is C17H30O5. The number of aliphatic hydroxyl groups excluding tert-OH is 1. The summed E-state index contributed by atoms with van der Waals surface area (Å²) in [5.74, 6) is -0.301. The van der Waals surface area contributed by atoms with Gasteiger partial charge in [0, 0.05) is 13.2 Å². The largest absolute Gasteiger partial charge is 0.466 e. The second kappa shape index (κ2) is 9.48. The van der Waals surface area contributed by atoms with Crippen molar-refractivity contribution < 1.29 is 24.1 Å². The highest BCUT2D eigenvalue weighted by atomic mass is 16.5. The summed E-state index contributed by atoms with van der Waals surface area (Å²) in [4.78, 5) is 11.8. The molecule has 128 valence electrons. The molecule has 0 aromatic rings. The highest BCUT2D eigenvalue weighted by molar-refractivity contribution is 5.69. The van der Waals surface area contributed by atoms with Gasteiger partial charge in [-0.1, -0.05) is 0 Å². The van der Waals surface area contributed by atoms with Crippen LogP contribution < -0.4 is 0 Å². The Bertz CT molecular complexity index is 321.